The summed E-state index contributed by atoms with van der Waals surface area (Å²) in [6, 6.07) is 4.70. The smallest absolute Gasteiger partial charge is 0.326 e. The number of carbonyl (C=O) groups is 4. The number of benzene rings is 1. The number of anilines is 1. The molecule has 30 heavy (non-hydrogen) atoms. The summed E-state index contributed by atoms with van der Waals surface area (Å²) >= 11 is 24.5. The number of likely N-dealkylation sites (tertiary alicyclic amines) is 1. The fourth-order valence-corrected chi connectivity index (χ4v) is 5.91. The maximum absolute atomic E-state index is 12.7. The van der Waals surface area contributed by atoms with Crippen LogP contribution in [-0.4, -0.2) is 52.5 Å². The topological polar surface area (TPSA) is 92.8 Å². The number of ether oxygens (including phenoxy) is 1. The second-order valence-electron chi connectivity index (χ2n) is 7.58. The number of hydrogen-bond acceptors (Lipinski definition) is 5. The molecule has 0 spiro atoms. The van der Waals surface area contributed by atoms with Crippen LogP contribution in [0.1, 0.15) is 6.42 Å². The van der Waals surface area contributed by atoms with Crippen LogP contribution in [0.2, 0.25) is 10.0 Å². The van der Waals surface area contributed by atoms with Gasteiger partial charge in [-0.05, 0) is 30.4 Å². The van der Waals surface area contributed by atoms with Crippen LogP contribution in [0.3, 0.4) is 0 Å². The van der Waals surface area contributed by atoms with E-state index in [0.717, 1.165) is 4.90 Å². The second-order valence-corrected chi connectivity index (χ2v) is 9.37. The SMILES string of the molecule is O=C(COC(=O)CN1C(=O)[C@@H]2[C@H]3C[C@@H]([C@H](Cl)[C@H]3Cl)[C@H]2C1=O)Nc1cccc(Cl)c1Cl. The minimum absolute atomic E-state index is 0.156. The first kappa shape index (κ1) is 21.7. The van der Waals surface area contributed by atoms with Crippen molar-refractivity contribution in [3.63, 3.8) is 0 Å². The number of alkyl halides is 2. The summed E-state index contributed by atoms with van der Waals surface area (Å²) < 4.78 is 4.91. The number of halogens is 4. The van der Waals surface area contributed by atoms with E-state index >= 15 is 0 Å². The molecule has 6 atom stereocenters. The van der Waals surface area contributed by atoms with Gasteiger partial charge in [0.2, 0.25) is 11.8 Å². The lowest BCUT2D eigenvalue weighted by Crippen LogP contribution is -2.38. The third-order valence-electron chi connectivity index (χ3n) is 5.96. The average Bonchev–Trinajstić information content (AvgIpc) is 3.31. The molecule has 0 radical (unpaired) electrons. The van der Waals surface area contributed by atoms with Gasteiger partial charge in [-0.1, -0.05) is 29.3 Å². The molecule has 160 valence electrons. The van der Waals surface area contributed by atoms with E-state index in [2.05, 4.69) is 5.32 Å². The van der Waals surface area contributed by atoms with Gasteiger partial charge in [0, 0.05) is 0 Å². The predicted molar refractivity (Wildman–Crippen MR) is 111 cm³/mol. The summed E-state index contributed by atoms with van der Waals surface area (Å²) in [4.78, 5) is 50.5. The average molecular weight is 494 g/mol. The monoisotopic (exact) mass is 492 g/mol. The lowest BCUT2D eigenvalue weighted by atomic mass is 9.80. The molecule has 1 aliphatic heterocycles. The van der Waals surface area contributed by atoms with Crippen LogP contribution in [0, 0.1) is 23.7 Å². The molecule has 1 aromatic carbocycles. The third-order valence-corrected chi connectivity index (χ3v) is 8.09. The fraction of sp³-hybridized carbons (Fsp3) is 0.474. The van der Waals surface area contributed by atoms with E-state index in [1.807, 2.05) is 0 Å². The highest BCUT2D eigenvalue weighted by atomic mass is 35.5. The number of nitrogens with one attached hydrogen (secondary N) is 1. The number of esters is 1. The van der Waals surface area contributed by atoms with E-state index in [1.54, 1.807) is 12.1 Å². The molecule has 3 amide bonds. The van der Waals surface area contributed by atoms with E-state index in [0.29, 0.717) is 6.42 Å². The normalized spacial score (nSPS) is 31.8. The summed E-state index contributed by atoms with van der Waals surface area (Å²) in [6.07, 6.45) is 0.639. The van der Waals surface area contributed by atoms with Crippen molar-refractivity contribution in [1.82, 2.24) is 4.90 Å². The van der Waals surface area contributed by atoms with E-state index in [1.165, 1.54) is 6.07 Å². The number of amides is 3. The van der Waals surface area contributed by atoms with Crippen molar-refractivity contribution >= 4 is 75.8 Å². The van der Waals surface area contributed by atoms with Gasteiger partial charge in [-0.15, -0.1) is 23.2 Å². The number of rotatable bonds is 5. The van der Waals surface area contributed by atoms with E-state index < -0.39 is 48.7 Å². The lowest BCUT2D eigenvalue weighted by Gasteiger charge is -2.28. The van der Waals surface area contributed by atoms with Crippen molar-refractivity contribution in [3.05, 3.63) is 28.2 Å². The molecule has 11 heteroatoms. The Morgan fingerprint density at radius 3 is 2.27 bits per heavy atom. The third kappa shape index (κ3) is 3.55. The van der Waals surface area contributed by atoms with Gasteiger partial charge in [0.1, 0.15) is 6.54 Å². The van der Waals surface area contributed by atoms with E-state index in [-0.39, 0.29) is 38.3 Å². The first-order valence-corrected chi connectivity index (χ1v) is 10.9. The van der Waals surface area contributed by atoms with Gasteiger partial charge in [-0.25, -0.2) is 0 Å². The van der Waals surface area contributed by atoms with Crippen molar-refractivity contribution in [2.45, 2.75) is 17.2 Å². The van der Waals surface area contributed by atoms with Crippen molar-refractivity contribution in [2.75, 3.05) is 18.5 Å². The van der Waals surface area contributed by atoms with Crippen LogP contribution < -0.4 is 5.32 Å². The Kier molecular flexibility index (Phi) is 5.92. The van der Waals surface area contributed by atoms with Crippen LogP contribution >= 0.6 is 46.4 Å². The minimum atomic E-state index is -0.874. The van der Waals surface area contributed by atoms with Crippen LogP contribution in [0.4, 0.5) is 5.69 Å². The molecule has 4 rings (SSSR count). The number of hydrogen-bond donors (Lipinski definition) is 1. The highest BCUT2D eigenvalue weighted by Gasteiger charge is 2.66. The maximum Gasteiger partial charge on any atom is 0.326 e. The Morgan fingerprint density at radius 1 is 1.07 bits per heavy atom. The largest absolute Gasteiger partial charge is 0.454 e. The van der Waals surface area contributed by atoms with Crippen molar-refractivity contribution in [1.29, 1.82) is 0 Å². The maximum atomic E-state index is 12.7. The quantitative estimate of drug-likeness (QED) is 0.386. The predicted octanol–water partition coefficient (Wildman–Crippen LogP) is 2.94. The molecule has 1 aromatic rings. The van der Waals surface area contributed by atoms with Gasteiger partial charge in [0.15, 0.2) is 6.61 Å². The molecule has 3 aliphatic rings. The summed E-state index contributed by atoms with van der Waals surface area (Å²) in [5.74, 6) is -3.80. The molecule has 1 saturated heterocycles. The summed E-state index contributed by atoms with van der Waals surface area (Å²) in [5.41, 5.74) is 0.268. The Morgan fingerprint density at radius 2 is 1.67 bits per heavy atom. The van der Waals surface area contributed by atoms with E-state index in [9.17, 15) is 19.2 Å². The fourth-order valence-electron chi connectivity index (χ4n) is 4.67. The van der Waals surface area contributed by atoms with Gasteiger partial charge in [0.25, 0.3) is 5.91 Å². The molecule has 2 saturated carbocycles. The van der Waals surface area contributed by atoms with Gasteiger partial charge < -0.3 is 10.1 Å². The molecule has 1 heterocycles. The Bertz CT molecular complexity index is 909. The molecule has 3 fully saturated rings. The first-order valence-electron chi connectivity index (χ1n) is 9.23. The Hall–Kier alpha value is -1.54. The number of carbonyl (C=O) groups excluding carboxylic acids is 4. The molecule has 0 unspecified atom stereocenters. The van der Waals surface area contributed by atoms with Crippen LogP contribution in [0.25, 0.3) is 0 Å². The highest BCUT2D eigenvalue weighted by Crippen LogP contribution is 2.59. The molecule has 2 aliphatic carbocycles. The zero-order chi connectivity index (χ0) is 21.7. The lowest BCUT2D eigenvalue weighted by molar-refractivity contribution is -0.154. The molecule has 0 aromatic heterocycles. The molecule has 2 bridgehead atoms. The van der Waals surface area contributed by atoms with Crippen molar-refractivity contribution in [3.8, 4) is 0 Å². The zero-order valence-electron chi connectivity index (χ0n) is 15.3. The van der Waals surface area contributed by atoms with Crippen LogP contribution in [-0.2, 0) is 23.9 Å². The van der Waals surface area contributed by atoms with Gasteiger partial charge in [0.05, 0.1) is 38.3 Å². The number of nitrogens with zero attached hydrogens (tertiary/aromatic N) is 1. The van der Waals surface area contributed by atoms with Crippen LogP contribution in [0.15, 0.2) is 18.2 Å². The standard InChI is InChI=1S/C19H16Cl4N2O5/c20-9-2-1-3-10(17(9)23)24-11(26)6-30-12(27)5-25-18(28)13-7-4-8(14(13)19(25)29)16(22)15(7)21/h1-3,7-8,13-16H,4-6H2,(H,24,26)/t7-,8-,13-,14-,15+,16+/m1/s1. The highest BCUT2D eigenvalue weighted by molar-refractivity contribution is 6.44. The number of imide groups is 1. The minimum Gasteiger partial charge on any atom is -0.454 e. The van der Waals surface area contributed by atoms with Gasteiger partial charge in [-0.2, -0.15) is 0 Å². The second kappa shape index (κ2) is 8.19. The summed E-state index contributed by atoms with van der Waals surface area (Å²) in [6.45, 7) is -1.17. The molecular weight excluding hydrogens is 478 g/mol. The molecule has 7 nitrogen and oxygen atoms in total. The molecular formula is C19H16Cl4N2O5. The van der Waals surface area contributed by atoms with Gasteiger partial charge >= 0.3 is 5.97 Å². The summed E-state index contributed by atoms with van der Waals surface area (Å²) in [7, 11) is 0. The van der Waals surface area contributed by atoms with E-state index in [4.69, 9.17) is 51.1 Å². The van der Waals surface area contributed by atoms with Crippen molar-refractivity contribution < 1.29 is 23.9 Å². The molecule has 1 N–H and O–H groups in total. The summed E-state index contributed by atoms with van der Waals surface area (Å²) in [5, 5.41) is 2.14. The van der Waals surface area contributed by atoms with Crippen LogP contribution in [0.5, 0.6) is 0 Å². The Labute approximate surface area is 191 Å². The zero-order valence-corrected chi connectivity index (χ0v) is 18.3. The van der Waals surface area contributed by atoms with Gasteiger partial charge in [-0.3, -0.25) is 24.1 Å². The van der Waals surface area contributed by atoms with Crippen molar-refractivity contribution in [2.24, 2.45) is 23.7 Å². The number of fused-ring (bicyclic) bond motifs is 5. The first-order chi connectivity index (χ1) is 14.2. The Balaban J connectivity index is 1.33.